The molecule has 0 heterocycles. The molecule has 1 amide bonds. The number of esters is 1. The van der Waals surface area contributed by atoms with Crippen molar-refractivity contribution in [3.63, 3.8) is 0 Å². The SMILES string of the molecule is CCC[C@H](CN[C@@H](CC)C(N)=O)CC(=O)O[C@@H]1C[C@H](C)CC[C@H]1C(C)C. The molecule has 0 saturated heterocycles. The minimum absolute atomic E-state index is 0.0514. The molecule has 5 atom stereocenters. The molecule has 0 radical (unpaired) electrons. The molecule has 0 aromatic heterocycles. The molecule has 1 aliphatic rings. The van der Waals surface area contributed by atoms with Gasteiger partial charge in [0.2, 0.25) is 5.91 Å². The van der Waals surface area contributed by atoms with E-state index in [2.05, 4.69) is 33.0 Å². The molecule has 0 aliphatic heterocycles. The van der Waals surface area contributed by atoms with Crippen LogP contribution in [0.4, 0.5) is 0 Å². The fourth-order valence-electron chi connectivity index (χ4n) is 4.14. The predicted octanol–water partition coefficient (Wildman–Crippen LogP) is 3.65. The third-order valence-corrected chi connectivity index (χ3v) is 5.80. The number of nitrogens with two attached hydrogens (primary N) is 1. The largest absolute Gasteiger partial charge is 0.462 e. The van der Waals surface area contributed by atoms with Crippen molar-refractivity contribution in [1.29, 1.82) is 0 Å². The Hall–Kier alpha value is -1.10. The van der Waals surface area contributed by atoms with Crippen molar-refractivity contribution in [3.8, 4) is 0 Å². The molecule has 3 N–H and O–H groups in total. The van der Waals surface area contributed by atoms with Gasteiger partial charge in [-0.2, -0.15) is 0 Å². The van der Waals surface area contributed by atoms with Gasteiger partial charge in [0.05, 0.1) is 6.04 Å². The summed E-state index contributed by atoms with van der Waals surface area (Å²) >= 11 is 0. The fourth-order valence-corrected chi connectivity index (χ4v) is 4.14. The van der Waals surface area contributed by atoms with E-state index in [1.807, 2.05) is 6.92 Å². The summed E-state index contributed by atoms with van der Waals surface area (Å²) in [7, 11) is 0. The van der Waals surface area contributed by atoms with Crippen molar-refractivity contribution in [2.75, 3.05) is 6.54 Å². The first-order valence-electron chi connectivity index (χ1n) is 10.5. The van der Waals surface area contributed by atoms with E-state index in [0.717, 1.165) is 25.7 Å². The van der Waals surface area contributed by atoms with Gasteiger partial charge in [-0.25, -0.2) is 0 Å². The average Bonchev–Trinajstić information content (AvgIpc) is 2.54. The van der Waals surface area contributed by atoms with Crippen LogP contribution < -0.4 is 11.1 Å². The fraction of sp³-hybridized carbons (Fsp3) is 0.905. The smallest absolute Gasteiger partial charge is 0.306 e. The van der Waals surface area contributed by atoms with Gasteiger partial charge in [0.15, 0.2) is 0 Å². The van der Waals surface area contributed by atoms with Crippen LogP contribution in [0.1, 0.15) is 79.6 Å². The van der Waals surface area contributed by atoms with Gasteiger partial charge in [-0.15, -0.1) is 0 Å². The van der Waals surface area contributed by atoms with Crippen LogP contribution in [-0.2, 0) is 14.3 Å². The number of hydrogen-bond acceptors (Lipinski definition) is 4. The number of rotatable bonds is 11. The maximum atomic E-state index is 12.6. The summed E-state index contributed by atoms with van der Waals surface area (Å²) in [5, 5.41) is 3.21. The van der Waals surface area contributed by atoms with E-state index >= 15 is 0 Å². The molecular weight excluding hydrogens is 328 g/mol. The standard InChI is InChI=1S/C21H40N2O3/c1-6-8-16(13-23-18(7-2)21(22)25)12-20(24)26-19-11-15(5)9-10-17(19)14(3)4/h14-19,23H,6-13H2,1-5H3,(H2,22,25)/t15-,16+,17+,18+,19-/m1/s1. The Morgan fingerprint density at radius 3 is 2.46 bits per heavy atom. The number of primary amides is 1. The van der Waals surface area contributed by atoms with Gasteiger partial charge in [0.1, 0.15) is 6.10 Å². The lowest BCUT2D eigenvalue weighted by Gasteiger charge is -2.37. The first kappa shape index (κ1) is 22.9. The van der Waals surface area contributed by atoms with Gasteiger partial charge in [0.25, 0.3) is 0 Å². The van der Waals surface area contributed by atoms with E-state index < -0.39 is 0 Å². The maximum absolute atomic E-state index is 12.6. The van der Waals surface area contributed by atoms with Gasteiger partial charge < -0.3 is 15.8 Å². The van der Waals surface area contributed by atoms with Crippen LogP contribution in [0.2, 0.25) is 0 Å². The van der Waals surface area contributed by atoms with E-state index in [4.69, 9.17) is 10.5 Å². The number of nitrogens with one attached hydrogen (secondary N) is 1. The molecule has 5 heteroatoms. The van der Waals surface area contributed by atoms with Crippen LogP contribution >= 0.6 is 0 Å². The second-order valence-electron chi connectivity index (χ2n) is 8.48. The van der Waals surface area contributed by atoms with Crippen LogP contribution in [0.3, 0.4) is 0 Å². The summed E-state index contributed by atoms with van der Waals surface area (Å²) in [6.45, 7) is 11.4. The third kappa shape index (κ3) is 7.65. The van der Waals surface area contributed by atoms with Crippen molar-refractivity contribution in [1.82, 2.24) is 5.32 Å². The van der Waals surface area contributed by atoms with Gasteiger partial charge in [-0.05, 0) is 55.9 Å². The Kier molecular flexibility index (Phi) is 10.2. The first-order valence-corrected chi connectivity index (χ1v) is 10.5. The van der Waals surface area contributed by atoms with Crippen molar-refractivity contribution in [3.05, 3.63) is 0 Å². The molecule has 1 rings (SSSR count). The monoisotopic (exact) mass is 368 g/mol. The minimum atomic E-state index is -0.332. The van der Waals surface area contributed by atoms with Crippen LogP contribution in [0.25, 0.3) is 0 Å². The number of carbonyl (C=O) groups is 2. The predicted molar refractivity (Wildman–Crippen MR) is 106 cm³/mol. The molecule has 0 aromatic rings. The van der Waals surface area contributed by atoms with Gasteiger partial charge >= 0.3 is 5.97 Å². The van der Waals surface area contributed by atoms with E-state index in [1.54, 1.807) is 0 Å². The minimum Gasteiger partial charge on any atom is -0.462 e. The van der Waals surface area contributed by atoms with Crippen LogP contribution in [-0.4, -0.2) is 30.6 Å². The van der Waals surface area contributed by atoms with Crippen LogP contribution in [0, 0.1) is 23.7 Å². The third-order valence-electron chi connectivity index (χ3n) is 5.80. The highest BCUT2D eigenvalue weighted by Gasteiger charge is 2.33. The molecule has 0 spiro atoms. The Morgan fingerprint density at radius 2 is 1.92 bits per heavy atom. The maximum Gasteiger partial charge on any atom is 0.306 e. The van der Waals surface area contributed by atoms with E-state index in [0.29, 0.717) is 37.1 Å². The van der Waals surface area contributed by atoms with Crippen molar-refractivity contribution in [2.24, 2.45) is 29.4 Å². The molecule has 0 unspecified atom stereocenters. The average molecular weight is 369 g/mol. The lowest BCUT2D eigenvalue weighted by Crippen LogP contribution is -2.43. The summed E-state index contributed by atoms with van der Waals surface area (Å²) in [5.74, 6) is 1.38. The highest BCUT2D eigenvalue weighted by Crippen LogP contribution is 2.35. The van der Waals surface area contributed by atoms with Crippen molar-refractivity contribution in [2.45, 2.75) is 91.7 Å². The van der Waals surface area contributed by atoms with Crippen molar-refractivity contribution >= 4 is 11.9 Å². The zero-order valence-corrected chi connectivity index (χ0v) is 17.4. The Morgan fingerprint density at radius 1 is 1.23 bits per heavy atom. The normalized spacial score (nSPS) is 25.7. The Balaban J connectivity index is 2.58. The molecule has 1 saturated carbocycles. The quantitative estimate of drug-likeness (QED) is 0.545. The van der Waals surface area contributed by atoms with Gasteiger partial charge in [-0.1, -0.05) is 47.5 Å². The molecule has 1 aliphatic carbocycles. The summed E-state index contributed by atoms with van der Waals surface area (Å²) < 4.78 is 5.93. The molecule has 1 fully saturated rings. The summed E-state index contributed by atoms with van der Waals surface area (Å²) in [4.78, 5) is 24.0. The summed E-state index contributed by atoms with van der Waals surface area (Å²) in [5.41, 5.74) is 5.40. The second kappa shape index (κ2) is 11.6. The van der Waals surface area contributed by atoms with E-state index in [9.17, 15) is 9.59 Å². The number of ether oxygens (including phenoxy) is 1. The number of hydrogen-bond donors (Lipinski definition) is 2. The van der Waals surface area contributed by atoms with E-state index in [-0.39, 0.29) is 29.9 Å². The molecule has 26 heavy (non-hydrogen) atoms. The highest BCUT2D eigenvalue weighted by molar-refractivity contribution is 5.79. The lowest BCUT2D eigenvalue weighted by molar-refractivity contribution is -0.157. The topological polar surface area (TPSA) is 81.4 Å². The van der Waals surface area contributed by atoms with E-state index in [1.165, 1.54) is 6.42 Å². The zero-order valence-electron chi connectivity index (χ0n) is 17.4. The van der Waals surface area contributed by atoms with Crippen LogP contribution in [0.15, 0.2) is 0 Å². The molecule has 5 nitrogen and oxygen atoms in total. The van der Waals surface area contributed by atoms with Gasteiger partial charge in [-0.3, -0.25) is 9.59 Å². The first-order chi connectivity index (χ1) is 12.3. The summed E-state index contributed by atoms with van der Waals surface area (Å²) in [6.07, 6.45) is 6.41. The second-order valence-corrected chi connectivity index (χ2v) is 8.48. The van der Waals surface area contributed by atoms with Crippen molar-refractivity contribution < 1.29 is 14.3 Å². The molecular formula is C21H40N2O3. The number of carbonyl (C=O) groups excluding carboxylic acids is 2. The zero-order chi connectivity index (χ0) is 19.7. The van der Waals surface area contributed by atoms with Crippen LogP contribution in [0.5, 0.6) is 0 Å². The molecule has 0 bridgehead atoms. The van der Waals surface area contributed by atoms with Gasteiger partial charge in [0, 0.05) is 6.42 Å². The number of amides is 1. The molecule has 152 valence electrons. The highest BCUT2D eigenvalue weighted by atomic mass is 16.5. The molecule has 0 aromatic carbocycles. The summed E-state index contributed by atoms with van der Waals surface area (Å²) in [6, 6.07) is -0.324. The lowest BCUT2D eigenvalue weighted by atomic mass is 9.75. The Bertz CT molecular complexity index is 439. The Labute approximate surface area is 159 Å².